The van der Waals surface area contributed by atoms with Crippen LogP contribution in [0, 0.1) is 0 Å². The van der Waals surface area contributed by atoms with Gasteiger partial charge in [0.05, 0.1) is 32.0 Å². The van der Waals surface area contributed by atoms with Gasteiger partial charge in [-0.25, -0.2) is 0 Å². The van der Waals surface area contributed by atoms with Crippen molar-refractivity contribution in [3.8, 4) is 0 Å². The van der Waals surface area contributed by atoms with Gasteiger partial charge in [-0.3, -0.25) is 4.79 Å². The van der Waals surface area contributed by atoms with E-state index in [4.69, 9.17) is 34.2 Å². The van der Waals surface area contributed by atoms with Gasteiger partial charge in [0, 0.05) is 13.3 Å². The van der Waals surface area contributed by atoms with E-state index in [2.05, 4.69) is 5.32 Å². The number of aliphatic hydroxyl groups excluding tert-OH is 7. The Labute approximate surface area is 225 Å². The van der Waals surface area contributed by atoms with Gasteiger partial charge in [0.15, 0.2) is 18.9 Å². The molecule has 16 heteroatoms. The number of nitrogens with one attached hydrogen (secondary N) is 1. The van der Waals surface area contributed by atoms with E-state index in [0.29, 0.717) is 13.0 Å². The lowest BCUT2D eigenvalue weighted by molar-refractivity contribution is -0.375. The van der Waals surface area contributed by atoms with E-state index in [1.807, 2.05) is 0 Å². The molecule has 0 spiro atoms. The summed E-state index contributed by atoms with van der Waals surface area (Å²) in [4.78, 5) is 11.8. The van der Waals surface area contributed by atoms with Crippen molar-refractivity contribution in [3.63, 3.8) is 0 Å². The molecule has 3 aliphatic rings. The summed E-state index contributed by atoms with van der Waals surface area (Å²) in [5.41, 5.74) is 5.56. The first-order chi connectivity index (χ1) is 18.5. The second-order valence-corrected chi connectivity index (χ2v) is 9.93. The van der Waals surface area contributed by atoms with Crippen molar-refractivity contribution in [3.05, 3.63) is 0 Å². The third-order valence-corrected chi connectivity index (χ3v) is 6.96. The number of carbonyl (C=O) groups is 1. The van der Waals surface area contributed by atoms with Crippen molar-refractivity contribution in [2.45, 2.75) is 113 Å². The number of carbonyl (C=O) groups excluding carboxylic acids is 1. The van der Waals surface area contributed by atoms with Crippen LogP contribution in [0.1, 0.15) is 26.7 Å². The summed E-state index contributed by atoms with van der Waals surface area (Å²) in [6, 6.07) is -1.33. The number of aliphatic hydroxyl groups is 7. The summed E-state index contributed by atoms with van der Waals surface area (Å²) in [6.45, 7) is 1.78. The van der Waals surface area contributed by atoms with Crippen LogP contribution in [0.25, 0.3) is 0 Å². The zero-order valence-electron chi connectivity index (χ0n) is 21.9. The fraction of sp³-hybridized carbons (Fsp3) is 0.957. The largest absolute Gasteiger partial charge is 0.394 e. The molecule has 3 heterocycles. The van der Waals surface area contributed by atoms with E-state index < -0.39 is 105 Å². The molecule has 0 aliphatic carbocycles. The lowest BCUT2D eigenvalue weighted by Gasteiger charge is -2.49. The van der Waals surface area contributed by atoms with E-state index >= 15 is 0 Å². The highest BCUT2D eigenvalue weighted by Gasteiger charge is 2.53. The molecule has 3 saturated heterocycles. The van der Waals surface area contributed by atoms with Crippen molar-refractivity contribution in [2.24, 2.45) is 5.73 Å². The molecule has 0 bridgehead atoms. The second-order valence-electron chi connectivity index (χ2n) is 9.93. The van der Waals surface area contributed by atoms with Gasteiger partial charge >= 0.3 is 0 Å². The molecular weight excluding hydrogens is 528 g/mol. The highest BCUT2D eigenvalue weighted by atomic mass is 16.8. The van der Waals surface area contributed by atoms with E-state index in [1.54, 1.807) is 0 Å². The quantitative estimate of drug-likeness (QED) is 0.105. The molecule has 0 radical (unpaired) electrons. The highest BCUT2D eigenvalue weighted by Crippen LogP contribution is 2.33. The Balaban J connectivity index is 1.92. The zero-order valence-corrected chi connectivity index (χ0v) is 21.9. The predicted molar refractivity (Wildman–Crippen MR) is 127 cm³/mol. The van der Waals surface area contributed by atoms with Crippen LogP contribution in [-0.4, -0.2) is 154 Å². The molecule has 16 nitrogen and oxygen atoms in total. The van der Waals surface area contributed by atoms with Crippen LogP contribution in [0.5, 0.6) is 0 Å². The zero-order chi connectivity index (χ0) is 28.9. The molecule has 1 amide bonds. The Kier molecular flexibility index (Phi) is 12.2. The molecule has 0 aromatic heterocycles. The first-order valence-corrected chi connectivity index (χ1v) is 13.0. The van der Waals surface area contributed by atoms with Crippen molar-refractivity contribution < 1.29 is 69.0 Å². The maximum absolute atomic E-state index is 11.8. The van der Waals surface area contributed by atoms with Gasteiger partial charge in [-0.1, -0.05) is 0 Å². The summed E-state index contributed by atoms with van der Waals surface area (Å²) < 4.78 is 34.9. The Morgan fingerprint density at radius 3 is 2.13 bits per heavy atom. The van der Waals surface area contributed by atoms with Crippen molar-refractivity contribution in [1.82, 2.24) is 5.32 Å². The molecule has 3 aliphatic heterocycles. The van der Waals surface area contributed by atoms with Crippen LogP contribution in [0.2, 0.25) is 0 Å². The summed E-state index contributed by atoms with van der Waals surface area (Å²) in [5.74, 6) is -0.584. The molecule has 10 N–H and O–H groups in total. The third kappa shape index (κ3) is 7.81. The smallest absolute Gasteiger partial charge is 0.217 e. The van der Waals surface area contributed by atoms with Gasteiger partial charge in [-0.2, -0.15) is 0 Å². The minimum absolute atomic E-state index is 0.108. The van der Waals surface area contributed by atoms with Gasteiger partial charge in [-0.05, 0) is 19.9 Å². The average Bonchev–Trinajstić information content (AvgIpc) is 2.89. The van der Waals surface area contributed by atoms with E-state index in [0.717, 1.165) is 0 Å². The first kappa shape index (κ1) is 32.4. The number of hydrogen-bond donors (Lipinski definition) is 9. The predicted octanol–water partition coefficient (Wildman–Crippen LogP) is -5.00. The van der Waals surface area contributed by atoms with Crippen LogP contribution in [0.4, 0.5) is 0 Å². The van der Waals surface area contributed by atoms with E-state index in [1.165, 1.54) is 13.8 Å². The Hall–Kier alpha value is -1.09. The lowest BCUT2D eigenvalue weighted by atomic mass is 9.95. The molecule has 3 rings (SSSR count). The van der Waals surface area contributed by atoms with E-state index in [9.17, 15) is 40.5 Å². The topological polar surface area (TPSA) is 252 Å². The number of amides is 1. The van der Waals surface area contributed by atoms with Gasteiger partial charge in [0.25, 0.3) is 0 Å². The summed E-state index contributed by atoms with van der Waals surface area (Å²) in [6.07, 6.45) is -16.7. The SMILES string of the molecule is CC(=O)NC1[C@@H](OC2[C@@H](O)C(CO)O[C@@H](OCCCN)[C@H]2O[C@H]2C[C@@H](O)[C@H](O)C(C)O2)OC(CO)[C@H](O)[C@@H]1O. The molecule has 39 heavy (non-hydrogen) atoms. The molecule has 3 fully saturated rings. The summed E-state index contributed by atoms with van der Waals surface area (Å²) >= 11 is 0. The number of hydrogen-bond acceptors (Lipinski definition) is 15. The van der Waals surface area contributed by atoms with Crippen LogP contribution in [0.3, 0.4) is 0 Å². The lowest BCUT2D eigenvalue weighted by Crippen LogP contribution is -2.68. The van der Waals surface area contributed by atoms with Crippen LogP contribution < -0.4 is 11.1 Å². The normalized spacial score (nSPS) is 45.2. The maximum Gasteiger partial charge on any atom is 0.217 e. The fourth-order valence-electron chi connectivity index (χ4n) is 4.79. The van der Waals surface area contributed by atoms with Gasteiger partial charge in [0.2, 0.25) is 5.91 Å². The molecule has 5 unspecified atom stereocenters. The fourth-order valence-corrected chi connectivity index (χ4v) is 4.79. The highest BCUT2D eigenvalue weighted by molar-refractivity contribution is 5.73. The summed E-state index contributed by atoms with van der Waals surface area (Å²) in [5, 5.41) is 74.3. The van der Waals surface area contributed by atoms with Gasteiger partial charge < -0.3 is 75.2 Å². The molecule has 0 saturated carbocycles. The van der Waals surface area contributed by atoms with Gasteiger partial charge in [-0.15, -0.1) is 0 Å². The molecule has 0 aromatic carbocycles. The molecule has 0 aromatic rings. The maximum atomic E-state index is 11.8. The van der Waals surface area contributed by atoms with Crippen LogP contribution in [-0.2, 0) is 33.2 Å². The minimum atomic E-state index is -1.62. The first-order valence-electron chi connectivity index (χ1n) is 13.0. The minimum Gasteiger partial charge on any atom is -0.394 e. The third-order valence-electron chi connectivity index (χ3n) is 6.96. The Morgan fingerprint density at radius 1 is 0.897 bits per heavy atom. The van der Waals surface area contributed by atoms with Crippen molar-refractivity contribution in [1.29, 1.82) is 0 Å². The standard InChI is InChI=1S/C23H42N2O14/c1-9-16(30)11(29)6-14(35-9)38-21-20(18(32)13(8-27)37-23(21)34-5-3-4-24)39-22-15(25-10(2)28)19(33)17(31)12(7-26)36-22/h9,11-23,26-27,29-33H,3-8,24H2,1-2H3,(H,25,28)/t9?,11-,12?,13?,14+,15?,16-,17+,18+,19-,20?,21+,22-,23-/m1/s1. The summed E-state index contributed by atoms with van der Waals surface area (Å²) in [7, 11) is 0. The second kappa shape index (κ2) is 14.7. The van der Waals surface area contributed by atoms with Crippen LogP contribution >= 0.6 is 0 Å². The number of rotatable bonds is 11. The molecule has 14 atom stereocenters. The van der Waals surface area contributed by atoms with Crippen molar-refractivity contribution in [2.75, 3.05) is 26.4 Å². The van der Waals surface area contributed by atoms with E-state index in [-0.39, 0.29) is 13.0 Å². The number of ether oxygens (including phenoxy) is 6. The van der Waals surface area contributed by atoms with Crippen LogP contribution in [0.15, 0.2) is 0 Å². The Morgan fingerprint density at radius 2 is 1.54 bits per heavy atom. The number of nitrogens with two attached hydrogens (primary N) is 1. The molecule has 228 valence electrons. The Bertz CT molecular complexity index is 754. The van der Waals surface area contributed by atoms with Crippen molar-refractivity contribution >= 4 is 5.91 Å². The van der Waals surface area contributed by atoms with Gasteiger partial charge in [0.1, 0.15) is 54.9 Å². The molecular formula is C23H42N2O14. The average molecular weight is 571 g/mol. The monoisotopic (exact) mass is 570 g/mol.